The van der Waals surface area contributed by atoms with Crippen molar-refractivity contribution in [2.45, 2.75) is 19.1 Å². The molecule has 130 valence electrons. The predicted octanol–water partition coefficient (Wildman–Crippen LogP) is 3.60. The summed E-state index contributed by atoms with van der Waals surface area (Å²) in [5, 5.41) is 0.728. The summed E-state index contributed by atoms with van der Waals surface area (Å²) in [5.41, 5.74) is 1.65. The molecule has 1 aromatic carbocycles. The molecule has 0 atom stereocenters. The van der Waals surface area contributed by atoms with Crippen LogP contribution in [0.15, 0.2) is 33.1 Å². The summed E-state index contributed by atoms with van der Waals surface area (Å²) >= 11 is 1.80. The molecular formula is C20H15NO4S. The molecule has 0 saturated heterocycles. The van der Waals surface area contributed by atoms with Gasteiger partial charge in [-0.2, -0.15) is 11.8 Å². The van der Waals surface area contributed by atoms with Crippen molar-refractivity contribution in [2.24, 2.45) is 0 Å². The number of hydrogen-bond acceptors (Lipinski definition) is 5. The van der Waals surface area contributed by atoms with Crippen LogP contribution in [0.2, 0.25) is 0 Å². The molecule has 1 aliphatic rings. The Kier molecular flexibility index (Phi) is 5.46. The van der Waals surface area contributed by atoms with E-state index in [-0.39, 0.29) is 17.9 Å². The fraction of sp³-hybridized carbons (Fsp3) is 0.250. The van der Waals surface area contributed by atoms with Crippen molar-refractivity contribution in [3.63, 3.8) is 0 Å². The third kappa shape index (κ3) is 3.82. The van der Waals surface area contributed by atoms with Gasteiger partial charge >= 0.3 is 11.6 Å². The van der Waals surface area contributed by atoms with Crippen molar-refractivity contribution in [1.29, 1.82) is 0 Å². The van der Waals surface area contributed by atoms with Crippen LogP contribution in [0.25, 0.3) is 21.9 Å². The zero-order valence-corrected chi connectivity index (χ0v) is 14.9. The van der Waals surface area contributed by atoms with Gasteiger partial charge in [-0.15, -0.1) is 0 Å². The fourth-order valence-electron chi connectivity index (χ4n) is 2.52. The second kappa shape index (κ2) is 7.95. The molecule has 0 spiro atoms. The van der Waals surface area contributed by atoms with E-state index in [0.717, 1.165) is 34.4 Å². The molecule has 0 unspecified atom stereocenters. The Balaban J connectivity index is 2.11. The second-order valence-electron chi connectivity index (χ2n) is 5.50. The number of benzene rings is 1. The molecule has 0 amide bonds. The van der Waals surface area contributed by atoms with Crippen LogP contribution in [0, 0.1) is 18.4 Å². The average Bonchev–Trinajstić information content (AvgIpc) is 2.60. The van der Waals surface area contributed by atoms with Crippen molar-refractivity contribution >= 4 is 34.8 Å². The molecule has 0 N–H and O–H groups in total. The number of thioether (sulfide) groups is 1. The first kappa shape index (κ1) is 17.8. The van der Waals surface area contributed by atoms with Crippen LogP contribution in [0.5, 0.6) is 0 Å². The van der Waals surface area contributed by atoms with Crippen molar-refractivity contribution < 1.29 is 13.9 Å². The summed E-state index contributed by atoms with van der Waals surface area (Å²) in [7, 11) is 0. The molecule has 0 saturated carbocycles. The van der Waals surface area contributed by atoms with Crippen molar-refractivity contribution in [1.82, 2.24) is 0 Å². The van der Waals surface area contributed by atoms with Gasteiger partial charge in [0.15, 0.2) is 0 Å². The van der Waals surface area contributed by atoms with E-state index in [1.165, 1.54) is 6.08 Å². The summed E-state index contributed by atoms with van der Waals surface area (Å²) in [6.45, 7) is 8.93. The fourth-order valence-corrected chi connectivity index (χ4v) is 3.37. The van der Waals surface area contributed by atoms with Gasteiger partial charge in [0.05, 0.1) is 18.7 Å². The highest BCUT2D eigenvalue weighted by Crippen LogP contribution is 2.25. The lowest BCUT2D eigenvalue weighted by Gasteiger charge is -2.09. The van der Waals surface area contributed by atoms with Gasteiger partial charge in [0, 0.05) is 28.9 Å². The molecular weight excluding hydrogens is 350 g/mol. The predicted molar refractivity (Wildman–Crippen MR) is 101 cm³/mol. The van der Waals surface area contributed by atoms with Crippen molar-refractivity contribution in [3.05, 3.63) is 62.4 Å². The van der Waals surface area contributed by atoms with Crippen LogP contribution in [-0.4, -0.2) is 18.3 Å². The summed E-state index contributed by atoms with van der Waals surface area (Å²) in [4.78, 5) is 27.2. The molecule has 0 aliphatic carbocycles. The largest absolute Gasteiger partial charge is 0.471 e. The van der Waals surface area contributed by atoms with E-state index in [1.807, 2.05) is 6.07 Å². The van der Waals surface area contributed by atoms with E-state index < -0.39 is 11.6 Å². The number of fused-ring (bicyclic) bond motifs is 2. The Morgan fingerprint density at radius 2 is 2.31 bits per heavy atom. The zero-order chi connectivity index (χ0) is 18.5. The molecule has 2 heterocycles. The van der Waals surface area contributed by atoms with Gasteiger partial charge in [-0.3, -0.25) is 4.79 Å². The molecule has 5 nitrogen and oxygen atoms in total. The lowest BCUT2D eigenvalue weighted by Crippen LogP contribution is -2.08. The molecule has 26 heavy (non-hydrogen) atoms. The Morgan fingerprint density at radius 1 is 1.46 bits per heavy atom. The Bertz CT molecular complexity index is 1060. The van der Waals surface area contributed by atoms with Gasteiger partial charge in [-0.25, -0.2) is 9.64 Å². The number of carbonyl (C=O) groups is 1. The molecule has 0 fully saturated rings. The minimum Gasteiger partial charge on any atom is -0.471 e. The SMILES string of the molecule is [C-]#[N+]/C(=C/c1cc2cc3c(cc2oc1=O)C#CCCSC3)C(=O)OCC. The highest BCUT2D eigenvalue weighted by Gasteiger charge is 2.14. The molecule has 0 bridgehead atoms. The number of hydrogen-bond donors (Lipinski definition) is 0. The number of rotatable bonds is 3. The van der Waals surface area contributed by atoms with Crippen LogP contribution in [0.3, 0.4) is 0 Å². The summed E-state index contributed by atoms with van der Waals surface area (Å²) in [5.74, 6) is 7.29. The quantitative estimate of drug-likeness (QED) is 0.273. The molecule has 2 aromatic rings. The van der Waals surface area contributed by atoms with E-state index >= 15 is 0 Å². The minimum atomic E-state index is -0.758. The summed E-state index contributed by atoms with van der Waals surface area (Å²) in [6, 6.07) is 5.35. The van der Waals surface area contributed by atoms with Gasteiger partial charge in [-0.05, 0) is 36.8 Å². The van der Waals surface area contributed by atoms with Crippen LogP contribution in [-0.2, 0) is 15.3 Å². The molecule has 6 heteroatoms. The first-order valence-corrected chi connectivity index (χ1v) is 9.21. The van der Waals surface area contributed by atoms with Gasteiger partial charge in [0.25, 0.3) is 5.70 Å². The first-order valence-electron chi connectivity index (χ1n) is 8.06. The maximum atomic E-state index is 12.2. The number of carbonyl (C=O) groups excluding carboxylic acids is 1. The molecule has 3 rings (SSSR count). The van der Waals surface area contributed by atoms with Crippen LogP contribution < -0.4 is 5.63 Å². The first-order chi connectivity index (χ1) is 12.6. The topological polar surface area (TPSA) is 60.9 Å². The number of esters is 1. The van der Waals surface area contributed by atoms with E-state index in [0.29, 0.717) is 5.58 Å². The monoisotopic (exact) mass is 365 g/mol. The smallest absolute Gasteiger partial charge is 0.342 e. The maximum Gasteiger partial charge on any atom is 0.342 e. The average molecular weight is 365 g/mol. The number of ether oxygens (including phenoxy) is 1. The molecule has 1 aliphatic heterocycles. The van der Waals surface area contributed by atoms with Crippen molar-refractivity contribution in [2.75, 3.05) is 12.4 Å². The van der Waals surface area contributed by atoms with Crippen LogP contribution >= 0.6 is 11.8 Å². The normalized spacial score (nSPS) is 13.6. The minimum absolute atomic E-state index is 0.140. The lowest BCUT2D eigenvalue weighted by atomic mass is 10.0. The van der Waals surface area contributed by atoms with E-state index in [9.17, 15) is 9.59 Å². The van der Waals surface area contributed by atoms with Crippen LogP contribution in [0.1, 0.15) is 30.0 Å². The van der Waals surface area contributed by atoms with Gasteiger partial charge in [-0.1, -0.05) is 11.8 Å². The van der Waals surface area contributed by atoms with E-state index in [1.54, 1.807) is 30.8 Å². The zero-order valence-electron chi connectivity index (χ0n) is 14.1. The standard InChI is InChI=1S/C20H15NO4S/c1-3-24-20(23)17(21-2)10-15-8-14-9-16-12-26-7-5-4-6-13(16)11-18(14)25-19(15)22/h8-11H,3,5,7,12H2,1H3/b17-10+. The van der Waals surface area contributed by atoms with Crippen molar-refractivity contribution in [3.8, 4) is 11.8 Å². The van der Waals surface area contributed by atoms with E-state index in [4.69, 9.17) is 15.7 Å². The third-order valence-corrected chi connectivity index (χ3v) is 4.74. The molecule has 1 aromatic heterocycles. The lowest BCUT2D eigenvalue weighted by molar-refractivity contribution is -0.138. The Morgan fingerprint density at radius 3 is 3.08 bits per heavy atom. The van der Waals surface area contributed by atoms with Crippen LogP contribution in [0.4, 0.5) is 0 Å². The Labute approximate surface area is 154 Å². The van der Waals surface area contributed by atoms with Gasteiger partial charge < -0.3 is 9.15 Å². The third-order valence-electron chi connectivity index (χ3n) is 3.73. The van der Waals surface area contributed by atoms with Gasteiger partial charge in [0.1, 0.15) is 5.58 Å². The van der Waals surface area contributed by atoms with E-state index in [2.05, 4.69) is 16.7 Å². The van der Waals surface area contributed by atoms with Gasteiger partial charge in [0.2, 0.25) is 0 Å². The second-order valence-corrected chi connectivity index (χ2v) is 6.61. The summed E-state index contributed by atoms with van der Waals surface area (Å²) < 4.78 is 10.2. The summed E-state index contributed by atoms with van der Waals surface area (Å²) in [6.07, 6.45) is 2.05. The maximum absolute atomic E-state index is 12.2. The Hall–Kier alpha value is -2.96. The highest BCUT2D eigenvalue weighted by molar-refractivity contribution is 7.98. The molecule has 0 radical (unpaired) electrons. The highest BCUT2D eigenvalue weighted by atomic mass is 32.2. The number of nitrogens with zero attached hydrogens (tertiary/aromatic N) is 1.